The van der Waals surface area contributed by atoms with E-state index < -0.39 is 18.0 Å². The van der Waals surface area contributed by atoms with E-state index >= 15 is 0 Å². The van der Waals surface area contributed by atoms with E-state index in [0.717, 1.165) is 0 Å². The third-order valence-electron chi connectivity index (χ3n) is 3.14. The minimum atomic E-state index is -1.30. The number of fused-ring (bicyclic) bond motifs is 1. The van der Waals surface area contributed by atoms with E-state index in [2.05, 4.69) is 10.6 Å². The van der Waals surface area contributed by atoms with Gasteiger partial charge in [0.15, 0.2) is 0 Å². The lowest BCUT2D eigenvalue weighted by Gasteiger charge is -2.19. The molecule has 0 bridgehead atoms. The second kappa shape index (κ2) is 5.70. The van der Waals surface area contributed by atoms with Crippen LogP contribution < -0.4 is 20.3 Å². The van der Waals surface area contributed by atoms with E-state index in [1.165, 1.54) is 25.1 Å². The van der Waals surface area contributed by atoms with Gasteiger partial charge in [0.1, 0.15) is 18.4 Å². The van der Waals surface area contributed by atoms with Crippen LogP contribution in [-0.4, -0.2) is 49.8 Å². The molecule has 0 aliphatic carbocycles. The first-order valence-electron chi connectivity index (χ1n) is 6.20. The second-order valence-corrected chi connectivity index (χ2v) is 4.47. The Balaban J connectivity index is 2.34. The summed E-state index contributed by atoms with van der Waals surface area (Å²) in [6.45, 7) is -0.139. The number of hydrogen-bond acceptors (Lipinski definition) is 4. The fourth-order valence-electron chi connectivity index (χ4n) is 2.04. The molecular formula is C13H15N3O5. The Morgan fingerprint density at radius 2 is 2.14 bits per heavy atom. The first-order valence-corrected chi connectivity index (χ1v) is 6.20. The molecule has 0 saturated carbocycles. The molecule has 21 heavy (non-hydrogen) atoms. The van der Waals surface area contributed by atoms with Crippen molar-refractivity contribution in [2.24, 2.45) is 0 Å². The van der Waals surface area contributed by atoms with Gasteiger partial charge < -0.3 is 25.4 Å². The average molecular weight is 293 g/mol. The molecule has 0 spiro atoms. The first-order chi connectivity index (χ1) is 9.93. The van der Waals surface area contributed by atoms with Gasteiger partial charge in [-0.25, -0.2) is 4.79 Å². The molecule has 0 saturated heterocycles. The lowest BCUT2D eigenvalue weighted by atomic mass is 10.1. The zero-order valence-electron chi connectivity index (χ0n) is 11.5. The Morgan fingerprint density at radius 1 is 1.43 bits per heavy atom. The Morgan fingerprint density at radius 3 is 2.76 bits per heavy atom. The van der Waals surface area contributed by atoms with Crippen molar-refractivity contribution in [1.29, 1.82) is 0 Å². The molecule has 1 heterocycles. The topological polar surface area (TPSA) is 108 Å². The summed E-state index contributed by atoms with van der Waals surface area (Å²) >= 11 is 0. The normalized spacial score (nSPS) is 17.3. The van der Waals surface area contributed by atoms with Gasteiger partial charge in [-0.3, -0.25) is 9.59 Å². The SMILES string of the molecule is CNC(=O)c1ccc2c(c1)OCC(NC(=O)O)C(=O)N2C. The van der Waals surface area contributed by atoms with Gasteiger partial charge in [0.05, 0.1) is 5.69 Å². The zero-order chi connectivity index (χ0) is 15.6. The van der Waals surface area contributed by atoms with Gasteiger partial charge in [-0.05, 0) is 18.2 Å². The van der Waals surface area contributed by atoms with Crippen molar-refractivity contribution >= 4 is 23.6 Å². The minimum Gasteiger partial charge on any atom is -0.489 e. The van der Waals surface area contributed by atoms with Crippen LogP contribution in [0.4, 0.5) is 10.5 Å². The van der Waals surface area contributed by atoms with E-state index in [1.54, 1.807) is 12.1 Å². The van der Waals surface area contributed by atoms with Gasteiger partial charge in [0.25, 0.3) is 11.8 Å². The second-order valence-electron chi connectivity index (χ2n) is 4.47. The lowest BCUT2D eigenvalue weighted by Crippen LogP contribution is -2.48. The van der Waals surface area contributed by atoms with E-state index in [0.29, 0.717) is 17.0 Å². The van der Waals surface area contributed by atoms with Crippen molar-refractivity contribution in [3.63, 3.8) is 0 Å². The van der Waals surface area contributed by atoms with Gasteiger partial charge >= 0.3 is 6.09 Å². The van der Waals surface area contributed by atoms with Crippen molar-refractivity contribution in [2.45, 2.75) is 6.04 Å². The number of rotatable bonds is 2. The Bertz CT molecular complexity index is 601. The van der Waals surface area contributed by atoms with Crippen LogP contribution >= 0.6 is 0 Å². The number of carboxylic acid groups (broad SMARTS) is 1. The summed E-state index contributed by atoms with van der Waals surface area (Å²) in [7, 11) is 3.03. The molecular weight excluding hydrogens is 278 g/mol. The number of amides is 3. The molecule has 0 aromatic heterocycles. The van der Waals surface area contributed by atoms with Crippen LogP contribution in [0, 0.1) is 0 Å². The van der Waals surface area contributed by atoms with E-state index in [4.69, 9.17) is 9.84 Å². The number of hydrogen-bond donors (Lipinski definition) is 3. The van der Waals surface area contributed by atoms with Crippen molar-refractivity contribution in [3.05, 3.63) is 23.8 Å². The van der Waals surface area contributed by atoms with E-state index in [-0.39, 0.29) is 12.5 Å². The molecule has 1 aromatic carbocycles. The van der Waals surface area contributed by atoms with Gasteiger partial charge in [-0.15, -0.1) is 0 Å². The zero-order valence-corrected chi connectivity index (χ0v) is 11.5. The summed E-state index contributed by atoms with van der Waals surface area (Å²) in [4.78, 5) is 35.8. The molecule has 8 nitrogen and oxygen atoms in total. The number of carbonyl (C=O) groups excluding carboxylic acids is 2. The van der Waals surface area contributed by atoms with Crippen molar-refractivity contribution in [2.75, 3.05) is 25.6 Å². The maximum absolute atomic E-state index is 12.2. The molecule has 1 aliphatic heterocycles. The number of carbonyl (C=O) groups is 3. The van der Waals surface area contributed by atoms with Gasteiger partial charge in [-0.2, -0.15) is 0 Å². The minimum absolute atomic E-state index is 0.139. The average Bonchev–Trinajstić information content (AvgIpc) is 2.58. The number of nitrogens with one attached hydrogen (secondary N) is 2. The summed E-state index contributed by atoms with van der Waals surface area (Å²) in [6.07, 6.45) is -1.30. The predicted octanol–water partition coefficient (Wildman–Crippen LogP) is 0.0376. The Labute approximate surface area is 120 Å². The molecule has 8 heteroatoms. The maximum Gasteiger partial charge on any atom is 0.405 e. The highest BCUT2D eigenvalue weighted by molar-refractivity contribution is 6.01. The van der Waals surface area contributed by atoms with E-state index in [1.807, 2.05) is 0 Å². The number of ether oxygens (including phenoxy) is 1. The fraction of sp³-hybridized carbons (Fsp3) is 0.308. The van der Waals surface area contributed by atoms with Crippen LogP contribution in [0.15, 0.2) is 18.2 Å². The molecule has 1 aliphatic rings. The molecule has 112 valence electrons. The number of anilines is 1. The Hall–Kier alpha value is -2.77. The molecule has 1 aromatic rings. The fourth-order valence-corrected chi connectivity index (χ4v) is 2.04. The maximum atomic E-state index is 12.2. The third kappa shape index (κ3) is 2.88. The first kappa shape index (κ1) is 14.6. The van der Waals surface area contributed by atoms with Crippen LogP contribution in [0.3, 0.4) is 0 Å². The highest BCUT2D eigenvalue weighted by Crippen LogP contribution is 2.31. The van der Waals surface area contributed by atoms with Gasteiger partial charge in [0.2, 0.25) is 0 Å². The third-order valence-corrected chi connectivity index (χ3v) is 3.14. The van der Waals surface area contributed by atoms with Crippen molar-refractivity contribution in [1.82, 2.24) is 10.6 Å². The van der Waals surface area contributed by atoms with Crippen LogP contribution in [0.1, 0.15) is 10.4 Å². The molecule has 0 radical (unpaired) electrons. The predicted molar refractivity (Wildman–Crippen MR) is 73.7 cm³/mol. The summed E-state index contributed by atoms with van der Waals surface area (Å²) in [5.74, 6) is -0.356. The molecule has 0 fully saturated rings. The standard InChI is InChI=1S/C13H15N3O5/c1-14-11(17)7-3-4-9-10(5-7)21-6-8(15-13(19)20)12(18)16(9)2/h3-5,8,15H,6H2,1-2H3,(H,14,17)(H,19,20). The van der Waals surface area contributed by atoms with Crippen molar-refractivity contribution < 1.29 is 24.2 Å². The largest absolute Gasteiger partial charge is 0.489 e. The lowest BCUT2D eigenvalue weighted by molar-refractivity contribution is -0.120. The molecule has 2 rings (SSSR count). The number of benzene rings is 1. The van der Waals surface area contributed by atoms with Gasteiger partial charge in [0, 0.05) is 19.7 Å². The van der Waals surface area contributed by atoms with Crippen LogP contribution in [0.5, 0.6) is 5.75 Å². The van der Waals surface area contributed by atoms with Gasteiger partial charge in [-0.1, -0.05) is 0 Å². The molecule has 3 amide bonds. The summed E-state index contributed by atoms with van der Waals surface area (Å²) < 4.78 is 5.47. The molecule has 1 atom stereocenters. The summed E-state index contributed by atoms with van der Waals surface area (Å²) in [6, 6.07) is 3.67. The highest BCUT2D eigenvalue weighted by atomic mass is 16.5. The van der Waals surface area contributed by atoms with E-state index in [9.17, 15) is 14.4 Å². The number of likely N-dealkylation sites (N-methyl/N-ethyl adjacent to an activating group) is 1. The highest BCUT2D eigenvalue weighted by Gasteiger charge is 2.30. The smallest absolute Gasteiger partial charge is 0.405 e. The van der Waals surface area contributed by atoms with Crippen LogP contribution in [-0.2, 0) is 4.79 Å². The van der Waals surface area contributed by atoms with Crippen LogP contribution in [0.25, 0.3) is 0 Å². The summed E-state index contributed by atoms with van der Waals surface area (Å²) in [5, 5.41) is 13.3. The van der Waals surface area contributed by atoms with Crippen LogP contribution in [0.2, 0.25) is 0 Å². The quantitative estimate of drug-likeness (QED) is 0.713. The number of nitrogens with zero attached hydrogens (tertiary/aromatic N) is 1. The molecule has 3 N–H and O–H groups in total. The summed E-state index contributed by atoms with van der Waals surface area (Å²) in [5.41, 5.74) is 0.865. The molecule has 1 unspecified atom stereocenters. The monoisotopic (exact) mass is 293 g/mol. The Kier molecular flexibility index (Phi) is 3.97. The van der Waals surface area contributed by atoms with Crippen molar-refractivity contribution in [3.8, 4) is 5.75 Å².